The number of carbonyl (C=O) groups is 2. The summed E-state index contributed by atoms with van der Waals surface area (Å²) >= 11 is 0. The van der Waals surface area contributed by atoms with Crippen LogP contribution < -0.4 is 9.64 Å². The molecule has 1 amide bonds. The molecule has 0 unspecified atom stereocenters. The molecule has 0 radical (unpaired) electrons. The molecule has 0 aliphatic carbocycles. The molecule has 1 aliphatic heterocycles. The van der Waals surface area contributed by atoms with E-state index in [2.05, 4.69) is 6.07 Å². The molecular weight excluding hydrogens is 306 g/mol. The fraction of sp³-hybridized carbons (Fsp3) is 0.263. The molecule has 0 atom stereocenters. The van der Waals surface area contributed by atoms with Gasteiger partial charge >= 0.3 is 5.97 Å². The first-order valence-corrected chi connectivity index (χ1v) is 7.99. The van der Waals surface area contributed by atoms with Gasteiger partial charge in [-0.3, -0.25) is 4.79 Å². The predicted molar refractivity (Wildman–Crippen MR) is 90.6 cm³/mol. The van der Waals surface area contributed by atoms with E-state index in [0.29, 0.717) is 17.9 Å². The van der Waals surface area contributed by atoms with Crippen LogP contribution in [0.4, 0.5) is 5.69 Å². The van der Waals surface area contributed by atoms with Crippen molar-refractivity contribution in [2.24, 2.45) is 0 Å². The van der Waals surface area contributed by atoms with Crippen LogP contribution in [0.2, 0.25) is 0 Å². The Hall–Kier alpha value is -2.82. The van der Waals surface area contributed by atoms with Crippen LogP contribution in [0.1, 0.15) is 28.8 Å². The van der Waals surface area contributed by atoms with Crippen LogP contribution >= 0.6 is 0 Å². The summed E-state index contributed by atoms with van der Waals surface area (Å²) in [7, 11) is 0. The smallest absolute Gasteiger partial charge is 0.341 e. The van der Waals surface area contributed by atoms with Crippen LogP contribution in [0.5, 0.6) is 5.75 Å². The lowest BCUT2D eigenvalue weighted by molar-refractivity contribution is -0.139. The third kappa shape index (κ3) is 3.56. The Bertz CT molecular complexity index is 757. The number of nitrogens with zero attached hydrogens (tertiary/aromatic N) is 1. The highest BCUT2D eigenvalue weighted by Crippen LogP contribution is 2.28. The molecule has 0 spiro atoms. The van der Waals surface area contributed by atoms with Gasteiger partial charge in [0.2, 0.25) is 0 Å². The van der Waals surface area contributed by atoms with Gasteiger partial charge in [-0.2, -0.15) is 0 Å². The summed E-state index contributed by atoms with van der Waals surface area (Å²) in [4.78, 5) is 25.4. The maximum atomic E-state index is 13.0. The van der Waals surface area contributed by atoms with E-state index in [1.807, 2.05) is 18.2 Å². The van der Waals surface area contributed by atoms with E-state index in [0.717, 1.165) is 24.9 Å². The number of rotatable bonds is 4. The Morgan fingerprint density at radius 1 is 1.08 bits per heavy atom. The van der Waals surface area contributed by atoms with E-state index in [1.165, 1.54) is 5.56 Å². The molecule has 0 aromatic heterocycles. The van der Waals surface area contributed by atoms with E-state index in [-0.39, 0.29) is 5.91 Å². The van der Waals surface area contributed by atoms with Gasteiger partial charge in [0, 0.05) is 17.8 Å². The number of hydrogen-bond acceptors (Lipinski definition) is 3. The number of benzene rings is 2. The molecule has 1 aliphatic rings. The minimum absolute atomic E-state index is 0.0925. The van der Waals surface area contributed by atoms with Crippen molar-refractivity contribution in [1.82, 2.24) is 0 Å². The Morgan fingerprint density at radius 2 is 1.92 bits per heavy atom. The minimum Gasteiger partial charge on any atom is -0.482 e. The van der Waals surface area contributed by atoms with Gasteiger partial charge in [-0.05, 0) is 49.1 Å². The second-order valence-corrected chi connectivity index (χ2v) is 5.75. The van der Waals surface area contributed by atoms with E-state index in [1.54, 1.807) is 29.2 Å². The first-order chi connectivity index (χ1) is 11.6. The molecule has 2 aromatic carbocycles. The molecule has 0 saturated heterocycles. The number of aliphatic carboxylic acids is 1. The van der Waals surface area contributed by atoms with Crippen LogP contribution in [0, 0.1) is 0 Å². The van der Waals surface area contributed by atoms with Crippen LogP contribution in [-0.2, 0) is 11.2 Å². The van der Waals surface area contributed by atoms with E-state index >= 15 is 0 Å². The topological polar surface area (TPSA) is 66.8 Å². The maximum Gasteiger partial charge on any atom is 0.341 e. The lowest BCUT2D eigenvalue weighted by Crippen LogP contribution is -2.31. The van der Waals surface area contributed by atoms with Crippen molar-refractivity contribution in [2.45, 2.75) is 19.3 Å². The molecule has 0 saturated carbocycles. The highest BCUT2D eigenvalue weighted by molar-refractivity contribution is 6.06. The fourth-order valence-electron chi connectivity index (χ4n) is 2.92. The average Bonchev–Trinajstić information content (AvgIpc) is 2.82. The Morgan fingerprint density at radius 3 is 2.75 bits per heavy atom. The zero-order valence-electron chi connectivity index (χ0n) is 13.3. The number of carboxylic acid groups (broad SMARTS) is 1. The van der Waals surface area contributed by atoms with Gasteiger partial charge in [0.25, 0.3) is 5.91 Å². The number of fused-ring (bicyclic) bond motifs is 1. The van der Waals surface area contributed by atoms with Crippen molar-refractivity contribution >= 4 is 17.6 Å². The monoisotopic (exact) mass is 325 g/mol. The van der Waals surface area contributed by atoms with Crippen LogP contribution in [0.25, 0.3) is 0 Å². The second kappa shape index (κ2) is 7.17. The molecule has 3 rings (SSSR count). The zero-order chi connectivity index (χ0) is 16.9. The predicted octanol–water partition coefficient (Wildman–Crippen LogP) is 3.13. The number of amides is 1. The zero-order valence-corrected chi connectivity index (χ0v) is 13.3. The maximum absolute atomic E-state index is 13.0. The number of aryl methyl sites for hydroxylation is 1. The van der Waals surface area contributed by atoms with Gasteiger partial charge in [0.15, 0.2) is 6.61 Å². The minimum atomic E-state index is -1.05. The molecule has 24 heavy (non-hydrogen) atoms. The SMILES string of the molecule is O=C(O)COc1cccc(C(=O)N2CCCCc3ccccc32)c1. The lowest BCUT2D eigenvalue weighted by atomic mass is 10.1. The van der Waals surface area contributed by atoms with Crippen molar-refractivity contribution in [1.29, 1.82) is 0 Å². The van der Waals surface area contributed by atoms with Gasteiger partial charge in [-0.15, -0.1) is 0 Å². The van der Waals surface area contributed by atoms with Crippen LogP contribution in [0.15, 0.2) is 48.5 Å². The van der Waals surface area contributed by atoms with Crippen molar-refractivity contribution in [2.75, 3.05) is 18.1 Å². The Kier molecular flexibility index (Phi) is 4.79. The first kappa shape index (κ1) is 16.1. The molecule has 1 N–H and O–H groups in total. The molecule has 5 nitrogen and oxygen atoms in total. The first-order valence-electron chi connectivity index (χ1n) is 7.99. The summed E-state index contributed by atoms with van der Waals surface area (Å²) < 4.78 is 5.17. The summed E-state index contributed by atoms with van der Waals surface area (Å²) in [5.74, 6) is -0.760. The van der Waals surface area contributed by atoms with Crippen molar-refractivity contribution < 1.29 is 19.4 Å². The Balaban J connectivity index is 1.86. The molecule has 5 heteroatoms. The lowest BCUT2D eigenvalue weighted by Gasteiger charge is -2.23. The van der Waals surface area contributed by atoms with Crippen LogP contribution in [-0.4, -0.2) is 30.1 Å². The number of anilines is 1. The van der Waals surface area contributed by atoms with Crippen molar-refractivity contribution in [3.8, 4) is 5.75 Å². The third-order valence-corrected chi connectivity index (χ3v) is 4.05. The van der Waals surface area contributed by atoms with Gasteiger partial charge in [0.05, 0.1) is 0 Å². The van der Waals surface area contributed by atoms with E-state index < -0.39 is 12.6 Å². The molecule has 0 bridgehead atoms. The molecule has 0 fully saturated rings. The van der Waals surface area contributed by atoms with Crippen molar-refractivity contribution in [3.63, 3.8) is 0 Å². The number of carboxylic acids is 1. The molecular formula is C19H19NO4. The average molecular weight is 325 g/mol. The summed E-state index contributed by atoms with van der Waals surface area (Å²) in [6.45, 7) is 0.250. The summed E-state index contributed by atoms with van der Waals surface area (Å²) in [5.41, 5.74) is 2.63. The number of ether oxygens (including phenoxy) is 1. The van der Waals surface area contributed by atoms with E-state index in [9.17, 15) is 9.59 Å². The van der Waals surface area contributed by atoms with E-state index in [4.69, 9.17) is 9.84 Å². The molecule has 124 valence electrons. The van der Waals surface area contributed by atoms with Gasteiger partial charge in [0.1, 0.15) is 5.75 Å². The second-order valence-electron chi connectivity index (χ2n) is 5.75. The molecule has 1 heterocycles. The summed E-state index contributed by atoms with van der Waals surface area (Å²) in [5, 5.41) is 8.70. The summed E-state index contributed by atoms with van der Waals surface area (Å²) in [6, 6.07) is 14.6. The highest BCUT2D eigenvalue weighted by Gasteiger charge is 2.22. The van der Waals surface area contributed by atoms with Gasteiger partial charge < -0.3 is 14.7 Å². The fourth-order valence-corrected chi connectivity index (χ4v) is 2.92. The quantitative estimate of drug-likeness (QED) is 0.938. The Labute approximate surface area is 140 Å². The third-order valence-electron chi connectivity index (χ3n) is 4.05. The van der Waals surface area contributed by atoms with Crippen molar-refractivity contribution in [3.05, 3.63) is 59.7 Å². The number of para-hydroxylation sites is 1. The molecule has 2 aromatic rings. The standard InChI is InChI=1S/C19H19NO4/c21-18(22)13-24-16-9-5-8-15(12-16)19(23)20-11-4-3-7-14-6-1-2-10-17(14)20/h1-2,5-6,8-10,12H,3-4,7,11,13H2,(H,21,22). The largest absolute Gasteiger partial charge is 0.482 e. The number of carbonyl (C=O) groups excluding carboxylic acids is 1. The van der Waals surface area contributed by atoms with Gasteiger partial charge in [-0.25, -0.2) is 4.79 Å². The van der Waals surface area contributed by atoms with Crippen LogP contribution in [0.3, 0.4) is 0 Å². The van der Waals surface area contributed by atoms with Gasteiger partial charge in [-0.1, -0.05) is 24.3 Å². The normalized spacial score (nSPS) is 13.8. The summed E-state index contributed by atoms with van der Waals surface area (Å²) in [6.07, 6.45) is 2.99. The highest BCUT2D eigenvalue weighted by atomic mass is 16.5. The number of hydrogen-bond donors (Lipinski definition) is 1.